The van der Waals surface area contributed by atoms with E-state index >= 15 is 0 Å². The summed E-state index contributed by atoms with van der Waals surface area (Å²) in [6, 6.07) is 13.4. The Kier molecular flexibility index (Phi) is 22.4. The van der Waals surface area contributed by atoms with Gasteiger partial charge in [0.05, 0.1) is 0 Å². The van der Waals surface area contributed by atoms with Crippen molar-refractivity contribution >= 4 is 89.0 Å². The number of hydrogen-bond acceptors (Lipinski definition) is 1. The number of fused-ring (bicyclic) bond motifs is 2. The van der Waals surface area contributed by atoms with Gasteiger partial charge in [0.15, 0.2) is 0 Å². The number of hydrogen-bond donors (Lipinski definition) is 0. The molecule has 3 radical (unpaired) electrons. The van der Waals surface area contributed by atoms with Crippen molar-refractivity contribution in [3.8, 4) is 0 Å². The second-order valence-corrected chi connectivity index (χ2v) is 23.6. The van der Waals surface area contributed by atoms with Crippen LogP contribution in [0.25, 0.3) is 6.08 Å². The Balaban J connectivity index is 0.000000404. The minimum Gasteiger partial charge on any atom is 0 e. The van der Waals surface area contributed by atoms with Crippen molar-refractivity contribution in [1.29, 1.82) is 0 Å². The second-order valence-electron chi connectivity index (χ2n) is 7.31. The largest absolute Gasteiger partial charge is 0 e. The molecule has 1 nitrogen and oxygen atoms in total. The Morgan fingerprint density at radius 2 is 1.32 bits per heavy atom. The molecule has 0 N–H and O–H groups in total. The van der Waals surface area contributed by atoms with Gasteiger partial charge in [0.1, 0.15) is 0 Å². The number of ether oxygens (including phenoxy) is 1. The molecule has 0 amide bonds. The first-order valence-electron chi connectivity index (χ1n) is 10.1. The molecule has 31 heavy (non-hydrogen) atoms. The molecule has 171 valence electrons. The van der Waals surface area contributed by atoms with Crippen molar-refractivity contribution in [3.63, 3.8) is 0 Å². The van der Waals surface area contributed by atoms with Crippen LogP contribution in [0.3, 0.4) is 0 Å². The fourth-order valence-corrected chi connectivity index (χ4v) is 3.60. The Bertz CT molecular complexity index is 747. The topological polar surface area (TPSA) is 9.23 Å². The molecule has 1 fully saturated rings. The smallest absolute Gasteiger partial charge is 0 e. The van der Waals surface area contributed by atoms with Crippen LogP contribution in [0, 0.1) is 13.8 Å². The first kappa shape index (κ1) is 32.9. The summed E-state index contributed by atoms with van der Waals surface area (Å²) >= 11 is 9.54. The van der Waals surface area contributed by atoms with E-state index in [1.165, 1.54) is 54.4 Å². The fourth-order valence-electron chi connectivity index (χ4n) is 3.60. The molecule has 7 heteroatoms. The maximum Gasteiger partial charge on any atom is 0 e. The van der Waals surface area contributed by atoms with Gasteiger partial charge in [-0.3, -0.25) is 0 Å². The standard InChI is InChI=1S/C10H12.C10H10.C4H8O.B.I3.I2/c2*1-8-5-6-9-3-2-4-10(9)7-8;1-2-4-5-3-1;;1-3-2;1-2/h5-7H,2-4H2,1H3;2-3,5-7H,4H2,1H3;1-4H2;;;/q;;;;-1;. The van der Waals surface area contributed by atoms with Crippen LogP contribution in [0.4, 0.5) is 0 Å². The average molecular weight is 980 g/mol. The fraction of sp³-hybridized carbons (Fsp3) is 0.417. The molecule has 0 atom stereocenters. The zero-order chi connectivity index (χ0) is 22.2. The monoisotopic (exact) mass is 980 g/mol. The number of benzene rings is 2. The SMILES string of the molecule is C1CCOC1.Cc1ccc2c(c1)CC=C2.Cc1ccc2c(c1)CCC2.II.I[I-]I.[B]. The van der Waals surface area contributed by atoms with E-state index in [9.17, 15) is 0 Å². The van der Waals surface area contributed by atoms with Crippen molar-refractivity contribution in [2.75, 3.05) is 13.2 Å². The zero-order valence-electron chi connectivity index (χ0n) is 18.2. The third kappa shape index (κ3) is 14.1. The van der Waals surface area contributed by atoms with E-state index in [-0.39, 0.29) is 8.41 Å². The molecule has 2 aliphatic carbocycles. The van der Waals surface area contributed by atoms with Crippen molar-refractivity contribution in [1.82, 2.24) is 0 Å². The Hall–Kier alpha value is 1.85. The van der Waals surface area contributed by atoms with Crippen molar-refractivity contribution in [2.24, 2.45) is 0 Å². The molecule has 0 unspecified atom stereocenters. The molecule has 0 aromatic heterocycles. The number of halogens is 5. The Morgan fingerprint density at radius 1 is 0.774 bits per heavy atom. The van der Waals surface area contributed by atoms with E-state index in [1.807, 2.05) is 0 Å². The van der Waals surface area contributed by atoms with Gasteiger partial charge < -0.3 is 4.74 Å². The maximum atomic E-state index is 4.94. The van der Waals surface area contributed by atoms with E-state index in [1.54, 1.807) is 11.1 Å². The van der Waals surface area contributed by atoms with Gasteiger partial charge >= 0.3 is 50.5 Å². The van der Waals surface area contributed by atoms with Gasteiger partial charge in [0.25, 0.3) is 0 Å². The minimum absolute atomic E-state index is 0. The zero-order valence-corrected chi connectivity index (χ0v) is 28.9. The summed E-state index contributed by atoms with van der Waals surface area (Å²) in [6.45, 7) is 6.30. The molecular weight excluding hydrogens is 950 g/mol. The second kappa shape index (κ2) is 21.2. The number of rotatable bonds is 0. The summed E-state index contributed by atoms with van der Waals surface area (Å²) in [4.78, 5) is 0. The first-order valence-corrected chi connectivity index (χ1v) is 28.9. The minimum atomic E-state index is 0. The predicted molar refractivity (Wildman–Crippen MR) is 169 cm³/mol. The molecule has 2 aromatic carbocycles. The van der Waals surface area contributed by atoms with Crippen molar-refractivity contribution in [3.05, 3.63) is 75.9 Å². The Morgan fingerprint density at radius 3 is 1.90 bits per heavy atom. The third-order valence-corrected chi connectivity index (χ3v) is 5.01. The molecule has 2 aromatic rings. The summed E-state index contributed by atoms with van der Waals surface area (Å²) in [5, 5.41) is 0. The molecule has 0 saturated carbocycles. The number of aryl methyl sites for hydroxylation is 4. The van der Waals surface area contributed by atoms with Crippen LogP contribution in [0.5, 0.6) is 0 Å². The molecule has 0 spiro atoms. The summed E-state index contributed by atoms with van der Waals surface area (Å²) in [6.07, 6.45) is 12.0. The van der Waals surface area contributed by atoms with Crippen LogP contribution in [0.2, 0.25) is 0 Å². The molecule has 5 rings (SSSR count). The van der Waals surface area contributed by atoms with Gasteiger partial charge in [0.2, 0.25) is 0 Å². The van der Waals surface area contributed by atoms with Crippen LogP contribution < -0.4 is 13.3 Å². The predicted octanol–water partition coefficient (Wildman–Crippen LogP) is 6.01. The molecule has 3 aliphatic rings. The van der Waals surface area contributed by atoms with Gasteiger partial charge in [-0.2, -0.15) is 0 Å². The summed E-state index contributed by atoms with van der Waals surface area (Å²) in [5.41, 5.74) is 8.79. The molecule has 1 heterocycles. The van der Waals surface area contributed by atoms with E-state index in [4.69, 9.17) is 4.74 Å². The normalized spacial score (nSPS) is 14.1. The summed E-state index contributed by atoms with van der Waals surface area (Å²) < 4.78 is 4.94. The van der Waals surface area contributed by atoms with Crippen LogP contribution in [0.1, 0.15) is 52.6 Å². The van der Waals surface area contributed by atoms with Crippen LogP contribution in [-0.4, -0.2) is 21.6 Å². The third-order valence-electron chi connectivity index (χ3n) is 5.01. The average Bonchev–Trinajstić information content (AvgIpc) is 3.53. The van der Waals surface area contributed by atoms with Crippen LogP contribution in [-0.2, 0) is 24.0 Å². The van der Waals surface area contributed by atoms with E-state index < -0.39 is 0 Å². The molecular formula is C24H30BI5O-. The molecule has 1 saturated heterocycles. The van der Waals surface area contributed by atoms with Gasteiger partial charge in [-0.15, -0.1) is 0 Å². The maximum absolute atomic E-state index is 4.94. The summed E-state index contributed by atoms with van der Waals surface area (Å²) in [5.74, 6) is 0. The van der Waals surface area contributed by atoms with Gasteiger partial charge in [0, 0.05) is 58.9 Å². The van der Waals surface area contributed by atoms with Gasteiger partial charge in [-0.05, 0) is 74.6 Å². The molecule has 1 aliphatic heterocycles. The van der Waals surface area contributed by atoms with E-state index in [2.05, 4.69) is 137 Å². The molecule has 0 bridgehead atoms. The van der Waals surface area contributed by atoms with E-state index in [0.29, 0.717) is 13.3 Å². The Labute approximate surface area is 244 Å². The van der Waals surface area contributed by atoms with E-state index in [0.717, 1.165) is 19.6 Å². The van der Waals surface area contributed by atoms with Gasteiger partial charge in [-0.1, -0.05) is 59.7 Å². The van der Waals surface area contributed by atoms with Crippen molar-refractivity contribution < 1.29 is 18.0 Å². The quantitative estimate of drug-likeness (QED) is 0.233. The number of allylic oxidation sites excluding steroid dienone is 1. The summed E-state index contributed by atoms with van der Waals surface area (Å²) in [7, 11) is 0. The van der Waals surface area contributed by atoms with Gasteiger partial charge in [-0.25, -0.2) is 0 Å². The van der Waals surface area contributed by atoms with Crippen molar-refractivity contribution in [2.45, 2.75) is 52.4 Å². The van der Waals surface area contributed by atoms with Crippen LogP contribution >= 0.6 is 74.5 Å². The first-order chi connectivity index (χ1) is 14.6. The van der Waals surface area contributed by atoms with Crippen LogP contribution in [0.15, 0.2) is 42.5 Å².